The van der Waals surface area contributed by atoms with Gasteiger partial charge in [0.25, 0.3) is 5.91 Å². The fraction of sp³-hybridized carbons (Fsp3) is 0.364. The smallest absolute Gasteiger partial charge is 0.324 e. The highest BCUT2D eigenvalue weighted by molar-refractivity contribution is 5.85. The number of ether oxygens (including phenoxy) is 1. The molecule has 0 aliphatic carbocycles. The number of likely N-dealkylation sites (N-methyl/N-ethyl adjacent to an activating group) is 1. The Morgan fingerprint density at radius 2 is 1.56 bits per heavy atom. The molecule has 0 heterocycles. The quantitative estimate of drug-likeness (QED) is 0.668. The first-order chi connectivity index (χ1) is 13.0. The highest BCUT2D eigenvalue weighted by atomic mass is 16.5. The summed E-state index contributed by atoms with van der Waals surface area (Å²) in [6.07, 6.45) is -0.344. The number of carbonyl (C=O) groups excluding carboxylic acids is 2. The summed E-state index contributed by atoms with van der Waals surface area (Å²) in [7, 11) is 0. The van der Waals surface area contributed by atoms with Crippen LogP contribution in [0, 0.1) is 0 Å². The molecular formula is C22H28N2O3. The van der Waals surface area contributed by atoms with Crippen molar-refractivity contribution in [3.8, 4) is 0 Å². The minimum atomic E-state index is -0.861. The molecule has 5 nitrogen and oxygen atoms in total. The number of hydrogen-bond acceptors (Lipinski definition) is 4. The summed E-state index contributed by atoms with van der Waals surface area (Å²) in [4.78, 5) is 24.9. The zero-order chi connectivity index (χ0) is 19.6. The van der Waals surface area contributed by atoms with Crippen LogP contribution in [0.3, 0.4) is 0 Å². The molecule has 0 spiro atoms. The van der Waals surface area contributed by atoms with Gasteiger partial charge in [-0.25, -0.2) is 0 Å². The standard InChI is InChI=1S/C22H28N2O3/c1-4-23-20(15-18-11-7-5-8-12-18)22(26)27-17(3)21(25)24-16(2)19-13-9-6-10-14-19/h5-14,16-17,20,23H,4,15H2,1-3H3,(H,24,25)/t16-,17-,20-/m0/s1. The molecule has 0 fully saturated rings. The molecule has 0 aromatic heterocycles. The third-order valence-electron chi connectivity index (χ3n) is 4.34. The van der Waals surface area contributed by atoms with Crippen LogP contribution in [-0.2, 0) is 20.7 Å². The molecule has 144 valence electrons. The van der Waals surface area contributed by atoms with E-state index in [9.17, 15) is 9.59 Å². The maximum Gasteiger partial charge on any atom is 0.324 e. The van der Waals surface area contributed by atoms with Crippen LogP contribution in [-0.4, -0.2) is 30.6 Å². The van der Waals surface area contributed by atoms with E-state index in [0.29, 0.717) is 13.0 Å². The lowest BCUT2D eigenvalue weighted by Crippen LogP contribution is -2.44. The molecule has 0 bridgehead atoms. The van der Waals surface area contributed by atoms with Crippen LogP contribution in [0.2, 0.25) is 0 Å². The normalized spacial score (nSPS) is 14.0. The fourth-order valence-corrected chi connectivity index (χ4v) is 2.80. The Morgan fingerprint density at radius 1 is 0.963 bits per heavy atom. The molecule has 0 saturated carbocycles. The highest BCUT2D eigenvalue weighted by Crippen LogP contribution is 2.12. The van der Waals surface area contributed by atoms with Crippen molar-refractivity contribution in [3.63, 3.8) is 0 Å². The van der Waals surface area contributed by atoms with Crippen molar-refractivity contribution in [2.75, 3.05) is 6.54 Å². The Kier molecular flexibility index (Phi) is 8.01. The first-order valence-electron chi connectivity index (χ1n) is 9.34. The van der Waals surface area contributed by atoms with Gasteiger partial charge in [-0.1, -0.05) is 67.6 Å². The van der Waals surface area contributed by atoms with E-state index in [0.717, 1.165) is 11.1 Å². The van der Waals surface area contributed by atoms with E-state index in [1.807, 2.05) is 74.5 Å². The zero-order valence-corrected chi connectivity index (χ0v) is 16.1. The molecular weight excluding hydrogens is 340 g/mol. The highest BCUT2D eigenvalue weighted by Gasteiger charge is 2.25. The van der Waals surface area contributed by atoms with Crippen LogP contribution in [0.25, 0.3) is 0 Å². The average molecular weight is 368 g/mol. The summed E-state index contributed by atoms with van der Waals surface area (Å²) in [5.74, 6) is -0.731. The van der Waals surface area contributed by atoms with Crippen molar-refractivity contribution >= 4 is 11.9 Å². The van der Waals surface area contributed by atoms with E-state index in [1.54, 1.807) is 6.92 Å². The molecule has 0 aliphatic rings. The van der Waals surface area contributed by atoms with E-state index >= 15 is 0 Å². The minimum Gasteiger partial charge on any atom is -0.451 e. The van der Waals surface area contributed by atoms with Gasteiger partial charge in [-0.3, -0.25) is 9.59 Å². The lowest BCUT2D eigenvalue weighted by Gasteiger charge is -2.21. The number of amides is 1. The second-order valence-electron chi connectivity index (χ2n) is 6.52. The maximum atomic E-state index is 12.5. The second-order valence-corrected chi connectivity index (χ2v) is 6.52. The van der Waals surface area contributed by atoms with Gasteiger partial charge in [0, 0.05) is 0 Å². The third-order valence-corrected chi connectivity index (χ3v) is 4.34. The Labute approximate surface area is 161 Å². The van der Waals surface area contributed by atoms with E-state index in [1.165, 1.54) is 0 Å². The summed E-state index contributed by atoms with van der Waals surface area (Å²) < 4.78 is 5.42. The van der Waals surface area contributed by atoms with E-state index in [2.05, 4.69) is 10.6 Å². The van der Waals surface area contributed by atoms with Crippen LogP contribution >= 0.6 is 0 Å². The molecule has 2 rings (SSSR count). The van der Waals surface area contributed by atoms with Gasteiger partial charge in [0.1, 0.15) is 6.04 Å². The van der Waals surface area contributed by atoms with Crippen LogP contribution in [0.1, 0.15) is 37.9 Å². The number of rotatable bonds is 9. The van der Waals surface area contributed by atoms with Gasteiger partial charge in [-0.2, -0.15) is 0 Å². The summed E-state index contributed by atoms with van der Waals surface area (Å²) in [6.45, 7) is 6.07. The minimum absolute atomic E-state index is 0.159. The molecule has 2 aromatic rings. The van der Waals surface area contributed by atoms with Crippen molar-refractivity contribution < 1.29 is 14.3 Å². The predicted molar refractivity (Wildman–Crippen MR) is 106 cm³/mol. The molecule has 0 aliphatic heterocycles. The lowest BCUT2D eigenvalue weighted by molar-refractivity contribution is -0.157. The molecule has 5 heteroatoms. The molecule has 1 amide bonds. The molecule has 3 atom stereocenters. The first-order valence-corrected chi connectivity index (χ1v) is 9.34. The van der Waals surface area contributed by atoms with Crippen molar-refractivity contribution in [3.05, 3.63) is 71.8 Å². The van der Waals surface area contributed by atoms with Gasteiger partial charge in [0.2, 0.25) is 0 Å². The van der Waals surface area contributed by atoms with E-state index in [-0.39, 0.29) is 11.9 Å². The van der Waals surface area contributed by atoms with Gasteiger partial charge >= 0.3 is 5.97 Å². The topological polar surface area (TPSA) is 67.4 Å². The molecule has 0 unspecified atom stereocenters. The van der Waals surface area contributed by atoms with Crippen molar-refractivity contribution in [1.29, 1.82) is 0 Å². The molecule has 0 radical (unpaired) electrons. The van der Waals surface area contributed by atoms with Gasteiger partial charge < -0.3 is 15.4 Å². The second kappa shape index (κ2) is 10.5. The molecule has 27 heavy (non-hydrogen) atoms. The Bertz CT molecular complexity index is 719. The molecule has 0 saturated heterocycles. The van der Waals surface area contributed by atoms with Crippen LogP contribution in [0.15, 0.2) is 60.7 Å². The molecule has 2 N–H and O–H groups in total. The number of esters is 1. The predicted octanol–water partition coefficient (Wildman–Crippen LogP) is 3.02. The largest absolute Gasteiger partial charge is 0.451 e. The monoisotopic (exact) mass is 368 g/mol. The van der Waals surface area contributed by atoms with Crippen LogP contribution in [0.4, 0.5) is 0 Å². The Hall–Kier alpha value is -2.66. The fourth-order valence-electron chi connectivity index (χ4n) is 2.80. The van der Waals surface area contributed by atoms with Crippen molar-refractivity contribution in [1.82, 2.24) is 10.6 Å². The van der Waals surface area contributed by atoms with Gasteiger partial charge in [-0.15, -0.1) is 0 Å². The van der Waals surface area contributed by atoms with Gasteiger partial charge in [-0.05, 0) is 37.9 Å². The maximum absolute atomic E-state index is 12.5. The molecule has 2 aromatic carbocycles. The Morgan fingerprint density at radius 3 is 2.15 bits per heavy atom. The number of nitrogens with one attached hydrogen (secondary N) is 2. The van der Waals surface area contributed by atoms with E-state index < -0.39 is 18.1 Å². The number of hydrogen-bond donors (Lipinski definition) is 2. The van der Waals surface area contributed by atoms with Crippen LogP contribution < -0.4 is 10.6 Å². The van der Waals surface area contributed by atoms with Crippen LogP contribution in [0.5, 0.6) is 0 Å². The average Bonchev–Trinajstić information content (AvgIpc) is 2.69. The van der Waals surface area contributed by atoms with Crippen molar-refractivity contribution in [2.45, 2.75) is 45.4 Å². The van der Waals surface area contributed by atoms with E-state index in [4.69, 9.17) is 4.74 Å². The summed E-state index contributed by atoms with van der Waals surface area (Å²) in [6, 6.07) is 18.8. The lowest BCUT2D eigenvalue weighted by atomic mass is 10.1. The number of benzene rings is 2. The number of carbonyl (C=O) groups is 2. The first kappa shape index (κ1) is 20.6. The summed E-state index contributed by atoms with van der Waals surface area (Å²) >= 11 is 0. The Balaban J connectivity index is 1.92. The van der Waals surface area contributed by atoms with Gasteiger partial charge in [0.15, 0.2) is 6.10 Å². The SMILES string of the molecule is CCN[C@@H](Cc1ccccc1)C(=O)O[C@@H](C)C(=O)N[C@@H](C)c1ccccc1. The zero-order valence-electron chi connectivity index (χ0n) is 16.1. The summed E-state index contributed by atoms with van der Waals surface area (Å²) in [5.41, 5.74) is 2.04. The van der Waals surface area contributed by atoms with Crippen molar-refractivity contribution in [2.24, 2.45) is 0 Å². The third kappa shape index (κ3) is 6.53. The summed E-state index contributed by atoms with van der Waals surface area (Å²) in [5, 5.41) is 6.02. The van der Waals surface area contributed by atoms with Gasteiger partial charge in [0.05, 0.1) is 6.04 Å².